The lowest BCUT2D eigenvalue weighted by Gasteiger charge is -2.27. The highest BCUT2D eigenvalue weighted by atomic mass is 32.1. The molecule has 1 heterocycles. The van der Waals surface area contributed by atoms with Crippen molar-refractivity contribution < 1.29 is 24.2 Å². The number of hydrogen-bond donors (Lipinski definition) is 2. The largest absolute Gasteiger partial charge is 0.481 e. The third kappa shape index (κ3) is 4.34. The van der Waals surface area contributed by atoms with E-state index in [1.165, 1.54) is 11.3 Å². The molecule has 0 aromatic carbocycles. The maximum Gasteiger partial charge on any atom is 0.341 e. The summed E-state index contributed by atoms with van der Waals surface area (Å²) >= 11 is 1.44. The Morgan fingerprint density at radius 1 is 1.07 bits per heavy atom. The zero-order valence-corrected chi connectivity index (χ0v) is 16.7. The number of carboxylic acids is 1. The van der Waals surface area contributed by atoms with E-state index < -0.39 is 23.8 Å². The number of carbonyl (C=O) groups excluding carboxylic acids is 2. The van der Waals surface area contributed by atoms with Crippen molar-refractivity contribution in [3.63, 3.8) is 0 Å². The van der Waals surface area contributed by atoms with Crippen LogP contribution < -0.4 is 5.32 Å². The summed E-state index contributed by atoms with van der Waals surface area (Å²) in [5.74, 6) is -2.82. The quantitative estimate of drug-likeness (QED) is 0.737. The standard InChI is InChI=1S/C20H27NO5S/c1-11(2)26-20(25)16-14-9-5-6-10-15(14)27-18(16)21-17(22)12-7-3-4-8-13(12)19(23)24/h11-13H,3-10H2,1-2H3,(H,21,22)(H,23,24)/t12-,13-/m0/s1. The SMILES string of the molecule is CC(C)OC(=O)c1c(NC(=O)[C@H]2CCCC[C@@H]2C(=O)O)sc2c1CCCC2. The van der Waals surface area contributed by atoms with Gasteiger partial charge in [0.2, 0.25) is 5.91 Å². The number of fused-ring (bicyclic) bond motifs is 1. The van der Waals surface area contributed by atoms with Crippen LogP contribution in [-0.2, 0) is 27.2 Å². The number of hydrogen-bond acceptors (Lipinski definition) is 5. The Kier molecular flexibility index (Phi) is 6.19. The van der Waals surface area contributed by atoms with E-state index in [0.29, 0.717) is 23.4 Å². The minimum Gasteiger partial charge on any atom is -0.481 e. The van der Waals surface area contributed by atoms with Gasteiger partial charge < -0.3 is 15.2 Å². The van der Waals surface area contributed by atoms with Crippen LogP contribution in [0, 0.1) is 11.8 Å². The van der Waals surface area contributed by atoms with Crippen molar-refractivity contribution in [3.8, 4) is 0 Å². The molecule has 3 rings (SSSR count). The van der Waals surface area contributed by atoms with Crippen LogP contribution in [0.3, 0.4) is 0 Å². The zero-order valence-electron chi connectivity index (χ0n) is 15.9. The van der Waals surface area contributed by atoms with Crippen LogP contribution in [0.25, 0.3) is 0 Å². The Morgan fingerprint density at radius 2 is 1.74 bits per heavy atom. The molecule has 1 aromatic heterocycles. The molecule has 1 amide bonds. The van der Waals surface area contributed by atoms with Crippen molar-refractivity contribution in [2.24, 2.45) is 11.8 Å². The van der Waals surface area contributed by atoms with Crippen molar-refractivity contribution in [1.82, 2.24) is 0 Å². The maximum absolute atomic E-state index is 12.9. The van der Waals surface area contributed by atoms with Gasteiger partial charge in [-0.2, -0.15) is 0 Å². The molecule has 0 unspecified atom stereocenters. The van der Waals surface area contributed by atoms with E-state index in [1.54, 1.807) is 13.8 Å². The summed E-state index contributed by atoms with van der Waals surface area (Å²) in [6.45, 7) is 3.60. The number of anilines is 1. The molecule has 2 N–H and O–H groups in total. The molecular weight excluding hydrogens is 366 g/mol. The lowest BCUT2D eigenvalue weighted by molar-refractivity contribution is -0.147. The highest BCUT2D eigenvalue weighted by Gasteiger charge is 2.37. The second-order valence-corrected chi connectivity index (χ2v) is 8.80. The Balaban J connectivity index is 1.87. The molecule has 0 bridgehead atoms. The van der Waals surface area contributed by atoms with Gasteiger partial charge in [-0.1, -0.05) is 12.8 Å². The third-order valence-electron chi connectivity index (χ3n) is 5.37. The van der Waals surface area contributed by atoms with Gasteiger partial charge in [0.25, 0.3) is 0 Å². The van der Waals surface area contributed by atoms with E-state index >= 15 is 0 Å². The van der Waals surface area contributed by atoms with Gasteiger partial charge >= 0.3 is 11.9 Å². The number of amides is 1. The lowest BCUT2D eigenvalue weighted by atomic mass is 9.78. The predicted octanol–water partition coefficient (Wildman–Crippen LogP) is 4.02. The van der Waals surface area contributed by atoms with Gasteiger partial charge in [-0.25, -0.2) is 4.79 Å². The number of aliphatic carboxylic acids is 1. The highest BCUT2D eigenvalue weighted by molar-refractivity contribution is 7.17. The van der Waals surface area contributed by atoms with E-state index in [4.69, 9.17) is 4.74 Å². The average Bonchev–Trinajstić information content (AvgIpc) is 2.98. The number of rotatable bonds is 5. The minimum absolute atomic E-state index is 0.241. The molecular formula is C20H27NO5S. The Bertz CT molecular complexity index is 739. The van der Waals surface area contributed by atoms with Crippen LogP contribution in [0.2, 0.25) is 0 Å². The molecule has 27 heavy (non-hydrogen) atoms. The van der Waals surface area contributed by atoms with Crippen LogP contribution >= 0.6 is 11.3 Å². The van der Waals surface area contributed by atoms with Gasteiger partial charge in [-0.05, 0) is 57.9 Å². The molecule has 2 atom stereocenters. The van der Waals surface area contributed by atoms with Crippen LogP contribution in [0.15, 0.2) is 0 Å². The summed E-state index contributed by atoms with van der Waals surface area (Å²) in [4.78, 5) is 38.2. The predicted molar refractivity (Wildman–Crippen MR) is 103 cm³/mol. The van der Waals surface area contributed by atoms with Gasteiger partial charge in [-0.3, -0.25) is 9.59 Å². The molecule has 1 saturated carbocycles. The topological polar surface area (TPSA) is 92.7 Å². The van der Waals surface area contributed by atoms with Gasteiger partial charge in [0.1, 0.15) is 5.00 Å². The normalized spacial score (nSPS) is 22.2. The zero-order chi connectivity index (χ0) is 19.6. The van der Waals surface area contributed by atoms with E-state index in [0.717, 1.165) is 49.0 Å². The minimum atomic E-state index is -0.917. The smallest absolute Gasteiger partial charge is 0.341 e. The molecule has 1 aromatic rings. The van der Waals surface area contributed by atoms with Crippen LogP contribution in [0.1, 0.15) is 73.2 Å². The fourth-order valence-corrected chi connectivity index (χ4v) is 5.37. The maximum atomic E-state index is 12.9. The number of thiophene rings is 1. The summed E-state index contributed by atoms with van der Waals surface area (Å²) in [6, 6.07) is 0. The number of ether oxygens (including phenoxy) is 1. The first kappa shape index (κ1) is 19.9. The molecule has 0 saturated heterocycles. The van der Waals surface area contributed by atoms with Gasteiger partial charge in [0.05, 0.1) is 23.5 Å². The van der Waals surface area contributed by atoms with Crippen LogP contribution in [-0.4, -0.2) is 29.1 Å². The van der Waals surface area contributed by atoms with Crippen LogP contribution in [0.5, 0.6) is 0 Å². The molecule has 148 valence electrons. The Labute approximate surface area is 163 Å². The molecule has 0 aliphatic heterocycles. The van der Waals surface area contributed by atoms with E-state index in [9.17, 15) is 19.5 Å². The molecule has 1 fully saturated rings. The fraction of sp³-hybridized carbons (Fsp3) is 0.650. The summed E-state index contributed by atoms with van der Waals surface area (Å²) in [5, 5.41) is 12.9. The first-order valence-electron chi connectivity index (χ1n) is 9.77. The summed E-state index contributed by atoms with van der Waals surface area (Å²) in [7, 11) is 0. The fourth-order valence-electron chi connectivity index (χ4n) is 4.09. The molecule has 7 heteroatoms. The van der Waals surface area contributed by atoms with Crippen molar-refractivity contribution >= 4 is 34.2 Å². The van der Waals surface area contributed by atoms with Gasteiger partial charge in [-0.15, -0.1) is 11.3 Å². The number of carbonyl (C=O) groups is 3. The number of esters is 1. The third-order valence-corrected chi connectivity index (χ3v) is 6.58. The molecule has 2 aliphatic carbocycles. The number of nitrogens with one attached hydrogen (secondary N) is 1. The molecule has 0 spiro atoms. The number of aryl methyl sites for hydroxylation is 1. The molecule has 6 nitrogen and oxygen atoms in total. The van der Waals surface area contributed by atoms with E-state index in [2.05, 4.69) is 5.32 Å². The summed E-state index contributed by atoms with van der Waals surface area (Å²) in [5.41, 5.74) is 1.46. The molecule has 0 radical (unpaired) electrons. The van der Waals surface area contributed by atoms with E-state index in [-0.39, 0.29) is 12.0 Å². The summed E-state index contributed by atoms with van der Waals surface area (Å²) in [6.07, 6.45) is 6.34. The Hall–Kier alpha value is -1.89. The Morgan fingerprint density at radius 3 is 2.41 bits per heavy atom. The van der Waals surface area contributed by atoms with Crippen LogP contribution in [0.4, 0.5) is 5.00 Å². The lowest BCUT2D eigenvalue weighted by Crippen LogP contribution is -2.36. The van der Waals surface area contributed by atoms with Crippen molar-refractivity contribution in [2.75, 3.05) is 5.32 Å². The van der Waals surface area contributed by atoms with Crippen molar-refractivity contribution in [1.29, 1.82) is 0 Å². The van der Waals surface area contributed by atoms with Crippen molar-refractivity contribution in [3.05, 3.63) is 16.0 Å². The first-order chi connectivity index (χ1) is 12.9. The first-order valence-corrected chi connectivity index (χ1v) is 10.6. The summed E-state index contributed by atoms with van der Waals surface area (Å²) < 4.78 is 5.41. The average molecular weight is 394 g/mol. The van der Waals surface area contributed by atoms with Gasteiger partial charge in [0, 0.05) is 4.88 Å². The second kappa shape index (κ2) is 8.42. The highest BCUT2D eigenvalue weighted by Crippen LogP contribution is 2.40. The number of carboxylic acid groups (broad SMARTS) is 1. The van der Waals surface area contributed by atoms with Crippen molar-refractivity contribution in [2.45, 2.75) is 71.3 Å². The molecule has 2 aliphatic rings. The van der Waals surface area contributed by atoms with E-state index in [1.807, 2.05) is 0 Å². The monoisotopic (exact) mass is 393 g/mol. The van der Waals surface area contributed by atoms with Gasteiger partial charge in [0.15, 0.2) is 0 Å². The second-order valence-electron chi connectivity index (χ2n) is 7.69.